The molecule has 1 heterocycles. The van der Waals surface area contributed by atoms with Crippen molar-refractivity contribution in [1.29, 1.82) is 0 Å². The summed E-state index contributed by atoms with van der Waals surface area (Å²) in [6.45, 7) is 4.38. The molecule has 0 radical (unpaired) electrons. The van der Waals surface area contributed by atoms with Crippen molar-refractivity contribution in [3.63, 3.8) is 0 Å². The number of unbranched alkanes of at least 4 members (excludes halogenated alkanes) is 17. The van der Waals surface area contributed by atoms with Gasteiger partial charge >= 0.3 is 0 Å². The fourth-order valence-corrected chi connectivity index (χ4v) is 5.08. The van der Waals surface area contributed by atoms with E-state index in [1.54, 1.807) is 0 Å². The van der Waals surface area contributed by atoms with Gasteiger partial charge in [-0.05, 0) is 19.4 Å². The van der Waals surface area contributed by atoms with Gasteiger partial charge in [0.1, 0.15) is 0 Å². The summed E-state index contributed by atoms with van der Waals surface area (Å²) >= 11 is 2.12. The second kappa shape index (κ2) is 21.0. The van der Waals surface area contributed by atoms with Gasteiger partial charge in [-0.25, -0.2) is 0 Å². The standard InChI is InChI=1S/C24H49NOS/c26-22-18-16-14-12-10-8-6-4-2-1-3-5-7-9-11-13-15-17-19-25-20-23-27-24-21-25/h26H,1-24H2. The van der Waals surface area contributed by atoms with Crippen LogP contribution in [0.1, 0.15) is 116 Å². The normalized spacial score (nSPS) is 15.4. The molecule has 0 atom stereocenters. The van der Waals surface area contributed by atoms with Crippen molar-refractivity contribution >= 4 is 11.8 Å². The second-order valence-corrected chi connectivity index (χ2v) is 9.77. The van der Waals surface area contributed by atoms with Crippen LogP contribution in [0.15, 0.2) is 0 Å². The molecule has 1 aliphatic rings. The molecule has 0 spiro atoms. The topological polar surface area (TPSA) is 23.5 Å². The molecular formula is C24H49NOS. The summed E-state index contributed by atoms with van der Waals surface area (Å²) < 4.78 is 0. The van der Waals surface area contributed by atoms with Gasteiger partial charge in [0.25, 0.3) is 0 Å². The third kappa shape index (κ3) is 18.1. The molecule has 0 aromatic heterocycles. The minimum Gasteiger partial charge on any atom is -0.396 e. The van der Waals surface area contributed by atoms with Crippen LogP contribution >= 0.6 is 11.8 Å². The van der Waals surface area contributed by atoms with Crippen LogP contribution in [-0.2, 0) is 0 Å². The summed E-state index contributed by atoms with van der Waals surface area (Å²) in [6, 6.07) is 0. The van der Waals surface area contributed by atoms with Gasteiger partial charge < -0.3 is 10.0 Å². The molecule has 0 bridgehead atoms. The Balaban J connectivity index is 1.64. The quantitative estimate of drug-likeness (QED) is 0.222. The van der Waals surface area contributed by atoms with E-state index in [2.05, 4.69) is 16.7 Å². The van der Waals surface area contributed by atoms with Gasteiger partial charge in [-0.2, -0.15) is 11.8 Å². The maximum Gasteiger partial charge on any atom is 0.0431 e. The molecule has 0 aromatic carbocycles. The smallest absolute Gasteiger partial charge is 0.0431 e. The van der Waals surface area contributed by atoms with E-state index in [0.717, 1.165) is 6.42 Å². The van der Waals surface area contributed by atoms with Crippen molar-refractivity contribution < 1.29 is 5.11 Å². The number of thioether (sulfide) groups is 1. The van der Waals surface area contributed by atoms with Gasteiger partial charge in [-0.15, -0.1) is 0 Å². The molecule has 3 heteroatoms. The molecule has 0 amide bonds. The highest BCUT2D eigenvalue weighted by molar-refractivity contribution is 7.99. The molecule has 0 aromatic rings. The van der Waals surface area contributed by atoms with Crippen LogP contribution in [-0.4, -0.2) is 47.8 Å². The van der Waals surface area contributed by atoms with E-state index in [9.17, 15) is 0 Å². The van der Waals surface area contributed by atoms with Gasteiger partial charge in [0.2, 0.25) is 0 Å². The summed E-state index contributed by atoms with van der Waals surface area (Å²) in [6.07, 6.45) is 25.2. The first-order valence-corrected chi connectivity index (χ1v) is 13.5. The van der Waals surface area contributed by atoms with E-state index < -0.39 is 0 Å². The highest BCUT2D eigenvalue weighted by Crippen LogP contribution is 2.15. The summed E-state index contributed by atoms with van der Waals surface area (Å²) in [5.41, 5.74) is 0. The lowest BCUT2D eigenvalue weighted by Gasteiger charge is -2.25. The minimum atomic E-state index is 0.373. The molecule has 0 aliphatic carbocycles. The average Bonchev–Trinajstić information content (AvgIpc) is 2.70. The summed E-state index contributed by atoms with van der Waals surface area (Å²) in [4.78, 5) is 2.66. The van der Waals surface area contributed by atoms with Crippen LogP contribution in [0.4, 0.5) is 0 Å². The van der Waals surface area contributed by atoms with Crippen molar-refractivity contribution in [2.75, 3.05) is 37.7 Å². The van der Waals surface area contributed by atoms with Crippen LogP contribution in [0.2, 0.25) is 0 Å². The number of hydrogen-bond donors (Lipinski definition) is 1. The average molecular weight is 400 g/mol. The SMILES string of the molecule is OCCCCCCCCCCCCCCCCCCCCN1CCSCC1. The summed E-state index contributed by atoms with van der Waals surface area (Å²) in [5.74, 6) is 2.71. The van der Waals surface area contributed by atoms with Crippen molar-refractivity contribution in [2.45, 2.75) is 116 Å². The Bertz CT molecular complexity index is 282. The van der Waals surface area contributed by atoms with Gasteiger partial charge in [0.05, 0.1) is 0 Å². The molecule has 1 fully saturated rings. The molecule has 162 valence electrons. The first-order chi connectivity index (χ1) is 13.4. The second-order valence-electron chi connectivity index (χ2n) is 8.54. The predicted molar refractivity (Wildman–Crippen MR) is 124 cm³/mol. The number of aliphatic hydroxyl groups is 1. The maximum absolute atomic E-state index is 8.74. The number of rotatable bonds is 20. The van der Waals surface area contributed by atoms with Crippen LogP contribution in [0.25, 0.3) is 0 Å². The summed E-state index contributed by atoms with van der Waals surface area (Å²) in [7, 11) is 0. The first-order valence-electron chi connectivity index (χ1n) is 12.3. The highest BCUT2D eigenvalue weighted by atomic mass is 32.2. The third-order valence-electron chi connectivity index (χ3n) is 5.99. The van der Waals surface area contributed by atoms with E-state index >= 15 is 0 Å². The van der Waals surface area contributed by atoms with Crippen molar-refractivity contribution in [3.8, 4) is 0 Å². The number of aliphatic hydroxyl groups excluding tert-OH is 1. The van der Waals surface area contributed by atoms with Gasteiger partial charge in [-0.3, -0.25) is 0 Å². The molecule has 27 heavy (non-hydrogen) atoms. The van der Waals surface area contributed by atoms with E-state index in [4.69, 9.17) is 5.11 Å². The first kappa shape index (κ1) is 25.3. The van der Waals surface area contributed by atoms with Crippen molar-refractivity contribution in [1.82, 2.24) is 4.90 Å². The molecule has 1 saturated heterocycles. The lowest BCUT2D eigenvalue weighted by Crippen LogP contribution is -2.33. The van der Waals surface area contributed by atoms with Gasteiger partial charge in [0, 0.05) is 31.2 Å². The molecule has 0 unspecified atom stereocenters. The van der Waals surface area contributed by atoms with E-state index in [1.165, 1.54) is 140 Å². The lowest BCUT2D eigenvalue weighted by molar-refractivity contribution is 0.282. The molecular weight excluding hydrogens is 350 g/mol. The zero-order valence-electron chi connectivity index (χ0n) is 18.3. The van der Waals surface area contributed by atoms with Crippen molar-refractivity contribution in [3.05, 3.63) is 0 Å². The Labute approximate surface area is 175 Å². The molecule has 0 saturated carbocycles. The van der Waals surface area contributed by atoms with Crippen molar-refractivity contribution in [2.24, 2.45) is 0 Å². The Kier molecular flexibility index (Phi) is 19.7. The lowest BCUT2D eigenvalue weighted by atomic mass is 10.0. The Hall–Kier alpha value is 0.270. The van der Waals surface area contributed by atoms with Crippen LogP contribution < -0.4 is 0 Å². The highest BCUT2D eigenvalue weighted by Gasteiger charge is 2.08. The Morgan fingerprint density at radius 3 is 1.19 bits per heavy atom. The fourth-order valence-electron chi connectivity index (χ4n) is 4.10. The van der Waals surface area contributed by atoms with Gasteiger partial charge in [0.15, 0.2) is 0 Å². The Morgan fingerprint density at radius 2 is 0.815 bits per heavy atom. The predicted octanol–water partition coefficient (Wildman–Crippen LogP) is 7.05. The van der Waals surface area contributed by atoms with Crippen LogP contribution in [0.5, 0.6) is 0 Å². The summed E-state index contributed by atoms with van der Waals surface area (Å²) in [5, 5.41) is 8.74. The zero-order valence-corrected chi connectivity index (χ0v) is 19.1. The van der Waals surface area contributed by atoms with E-state index in [1.807, 2.05) is 0 Å². The molecule has 1 N–H and O–H groups in total. The van der Waals surface area contributed by atoms with Gasteiger partial charge in [-0.1, -0.05) is 103 Å². The fraction of sp³-hybridized carbons (Fsp3) is 1.00. The Morgan fingerprint density at radius 1 is 0.481 bits per heavy atom. The molecule has 1 aliphatic heterocycles. The monoisotopic (exact) mass is 399 g/mol. The van der Waals surface area contributed by atoms with Crippen LogP contribution in [0.3, 0.4) is 0 Å². The largest absolute Gasteiger partial charge is 0.396 e. The molecule has 2 nitrogen and oxygen atoms in total. The van der Waals surface area contributed by atoms with E-state index in [-0.39, 0.29) is 0 Å². The number of nitrogens with zero attached hydrogens (tertiary/aromatic N) is 1. The van der Waals surface area contributed by atoms with E-state index in [0.29, 0.717) is 6.61 Å². The minimum absolute atomic E-state index is 0.373. The van der Waals surface area contributed by atoms with Crippen LogP contribution in [0, 0.1) is 0 Å². The zero-order chi connectivity index (χ0) is 19.3. The maximum atomic E-state index is 8.74. The number of hydrogen-bond acceptors (Lipinski definition) is 3. The molecule has 1 rings (SSSR count). The third-order valence-corrected chi connectivity index (χ3v) is 6.93.